The highest BCUT2D eigenvalue weighted by molar-refractivity contribution is 6.03. The lowest BCUT2D eigenvalue weighted by molar-refractivity contribution is 0.0693. The molecular formula is C14H25N3O2. The summed E-state index contributed by atoms with van der Waals surface area (Å²) >= 11 is 0. The second kappa shape index (κ2) is 5.74. The van der Waals surface area contributed by atoms with E-state index >= 15 is 0 Å². The van der Waals surface area contributed by atoms with Crippen LogP contribution in [-0.2, 0) is 0 Å². The molecule has 0 amide bonds. The van der Waals surface area contributed by atoms with Crippen LogP contribution in [0.2, 0.25) is 0 Å². The maximum absolute atomic E-state index is 12.9. The molecule has 1 aromatic rings. The molecule has 0 aromatic carbocycles. The van der Waals surface area contributed by atoms with E-state index in [1.54, 1.807) is 18.0 Å². The second-order valence-corrected chi connectivity index (χ2v) is 5.45. The Hall–Kier alpha value is -1.36. The van der Waals surface area contributed by atoms with Crippen LogP contribution in [0.15, 0.2) is 6.20 Å². The van der Waals surface area contributed by atoms with Crippen LogP contribution in [0.4, 0.5) is 0 Å². The van der Waals surface area contributed by atoms with Crippen molar-refractivity contribution < 1.29 is 9.53 Å². The minimum Gasteiger partial charge on any atom is -0.493 e. The Morgan fingerprint density at radius 1 is 1.53 bits per heavy atom. The number of hydrogen-bond donors (Lipinski definition) is 0. The number of aromatic nitrogens is 2. The summed E-state index contributed by atoms with van der Waals surface area (Å²) in [5, 5.41) is 4.27. The first kappa shape index (κ1) is 15.7. The Morgan fingerprint density at radius 2 is 2.11 bits per heavy atom. The van der Waals surface area contributed by atoms with Gasteiger partial charge in [0.05, 0.1) is 18.8 Å². The van der Waals surface area contributed by atoms with Gasteiger partial charge in [-0.3, -0.25) is 14.4 Å². The molecule has 1 aromatic heterocycles. The summed E-state index contributed by atoms with van der Waals surface area (Å²) in [6.45, 7) is 7.97. The highest BCUT2D eigenvalue weighted by Crippen LogP contribution is 2.29. The highest BCUT2D eigenvalue weighted by Gasteiger charge is 2.38. The summed E-state index contributed by atoms with van der Waals surface area (Å²) in [6.07, 6.45) is 2.34. The summed E-state index contributed by atoms with van der Waals surface area (Å²) < 4.78 is 7.03. The zero-order valence-electron chi connectivity index (χ0n) is 13.0. The summed E-state index contributed by atoms with van der Waals surface area (Å²) in [5.41, 5.74) is -0.00417. The van der Waals surface area contributed by atoms with Crippen LogP contribution >= 0.6 is 0 Å². The fourth-order valence-electron chi connectivity index (χ4n) is 2.04. The number of methoxy groups -OCH3 is 1. The van der Waals surface area contributed by atoms with Crippen LogP contribution in [0.3, 0.4) is 0 Å². The Labute approximate surface area is 115 Å². The molecule has 0 saturated heterocycles. The van der Waals surface area contributed by atoms with Crippen LogP contribution in [0.1, 0.15) is 50.6 Å². The van der Waals surface area contributed by atoms with Crippen molar-refractivity contribution in [1.29, 1.82) is 0 Å². The number of nitrogens with zero attached hydrogens (tertiary/aromatic N) is 3. The number of likely N-dealkylation sites (N-methyl/N-ethyl adjacent to an activating group) is 1. The van der Waals surface area contributed by atoms with E-state index in [9.17, 15) is 4.79 Å². The molecule has 108 valence electrons. The predicted octanol–water partition coefficient (Wildman–Crippen LogP) is 2.39. The average molecular weight is 267 g/mol. The van der Waals surface area contributed by atoms with Gasteiger partial charge in [-0.2, -0.15) is 5.10 Å². The maximum Gasteiger partial charge on any atom is 0.204 e. The Kier molecular flexibility index (Phi) is 4.74. The SMILES string of the molecule is CCC(C)(C(=O)c1c(OC)cnn1C(C)C)N(C)C. The molecule has 5 nitrogen and oxygen atoms in total. The average Bonchev–Trinajstić information content (AvgIpc) is 2.80. The van der Waals surface area contributed by atoms with E-state index in [0.29, 0.717) is 11.4 Å². The third-order valence-corrected chi connectivity index (χ3v) is 3.85. The lowest BCUT2D eigenvalue weighted by Crippen LogP contribution is -2.48. The fourth-order valence-corrected chi connectivity index (χ4v) is 2.04. The summed E-state index contributed by atoms with van der Waals surface area (Å²) in [7, 11) is 5.41. The molecule has 0 aliphatic rings. The molecule has 0 aliphatic heterocycles. The minimum absolute atomic E-state index is 0.0445. The van der Waals surface area contributed by atoms with Gasteiger partial charge in [0.2, 0.25) is 5.78 Å². The molecule has 0 saturated carbocycles. The molecule has 0 bridgehead atoms. The van der Waals surface area contributed by atoms with Gasteiger partial charge in [-0.05, 0) is 41.3 Å². The molecule has 0 fully saturated rings. The van der Waals surface area contributed by atoms with Crippen LogP contribution in [0.25, 0.3) is 0 Å². The molecule has 0 aliphatic carbocycles. The van der Waals surface area contributed by atoms with Gasteiger partial charge < -0.3 is 4.74 Å². The standard InChI is InChI=1S/C14H25N3O2/c1-8-14(4,16(5)6)13(18)12-11(19-7)9-15-17(12)10(2)3/h9-10H,8H2,1-7H3. The molecule has 1 unspecified atom stereocenters. The van der Waals surface area contributed by atoms with E-state index in [1.165, 1.54) is 0 Å². The Balaban J connectivity index is 3.36. The van der Waals surface area contributed by atoms with Crippen LogP contribution < -0.4 is 4.74 Å². The largest absolute Gasteiger partial charge is 0.493 e. The molecule has 19 heavy (non-hydrogen) atoms. The van der Waals surface area contributed by atoms with E-state index in [0.717, 1.165) is 6.42 Å². The number of carbonyl (C=O) groups excluding carboxylic acids is 1. The van der Waals surface area contributed by atoms with Crippen LogP contribution in [0.5, 0.6) is 5.75 Å². The van der Waals surface area contributed by atoms with Crippen LogP contribution in [-0.4, -0.2) is 47.2 Å². The molecule has 0 radical (unpaired) electrons. The fraction of sp³-hybridized carbons (Fsp3) is 0.714. The Bertz CT molecular complexity index is 452. The number of ketones is 1. The number of Topliss-reactive ketones (excluding diaryl/α,β-unsaturated/α-hetero) is 1. The van der Waals surface area contributed by atoms with Crippen molar-refractivity contribution >= 4 is 5.78 Å². The first-order valence-corrected chi connectivity index (χ1v) is 6.63. The Morgan fingerprint density at radius 3 is 2.47 bits per heavy atom. The van der Waals surface area contributed by atoms with Gasteiger partial charge in [0.1, 0.15) is 5.69 Å². The lowest BCUT2D eigenvalue weighted by atomic mass is 9.89. The molecule has 5 heteroatoms. The molecule has 0 N–H and O–H groups in total. The zero-order valence-corrected chi connectivity index (χ0v) is 13.0. The zero-order chi connectivity index (χ0) is 14.8. The van der Waals surface area contributed by atoms with Gasteiger partial charge in [0.15, 0.2) is 5.75 Å². The molecule has 1 rings (SSSR count). The topological polar surface area (TPSA) is 47.4 Å². The highest BCUT2D eigenvalue weighted by atomic mass is 16.5. The van der Waals surface area contributed by atoms with Gasteiger partial charge in [-0.25, -0.2) is 0 Å². The summed E-state index contributed by atoms with van der Waals surface area (Å²) in [5.74, 6) is 0.586. The van der Waals surface area contributed by atoms with Gasteiger partial charge in [-0.1, -0.05) is 6.92 Å². The summed E-state index contributed by atoms with van der Waals surface area (Å²) in [6, 6.07) is 0.117. The number of carbonyl (C=O) groups is 1. The van der Waals surface area contributed by atoms with Gasteiger partial charge in [0.25, 0.3) is 0 Å². The normalized spacial score (nSPS) is 14.8. The van der Waals surface area contributed by atoms with E-state index < -0.39 is 5.54 Å². The quantitative estimate of drug-likeness (QED) is 0.742. The van der Waals surface area contributed by atoms with Gasteiger partial charge in [-0.15, -0.1) is 0 Å². The van der Waals surface area contributed by atoms with Crippen molar-refractivity contribution in [3.63, 3.8) is 0 Å². The first-order valence-electron chi connectivity index (χ1n) is 6.63. The van der Waals surface area contributed by atoms with Gasteiger partial charge >= 0.3 is 0 Å². The van der Waals surface area contributed by atoms with E-state index in [1.807, 2.05) is 46.7 Å². The minimum atomic E-state index is -0.556. The third-order valence-electron chi connectivity index (χ3n) is 3.85. The van der Waals surface area contributed by atoms with Crippen LogP contribution in [0, 0.1) is 0 Å². The monoisotopic (exact) mass is 267 g/mol. The second-order valence-electron chi connectivity index (χ2n) is 5.45. The first-order chi connectivity index (χ1) is 8.79. The summed E-state index contributed by atoms with van der Waals surface area (Å²) in [4.78, 5) is 14.9. The predicted molar refractivity (Wildman–Crippen MR) is 75.9 cm³/mol. The van der Waals surface area contributed by atoms with Crippen molar-refractivity contribution in [2.24, 2.45) is 0 Å². The van der Waals surface area contributed by atoms with E-state index in [2.05, 4.69) is 5.10 Å². The van der Waals surface area contributed by atoms with E-state index in [-0.39, 0.29) is 11.8 Å². The maximum atomic E-state index is 12.9. The van der Waals surface area contributed by atoms with E-state index in [4.69, 9.17) is 4.74 Å². The van der Waals surface area contributed by atoms with Crippen molar-refractivity contribution in [3.8, 4) is 5.75 Å². The molecular weight excluding hydrogens is 242 g/mol. The number of rotatable bonds is 6. The smallest absolute Gasteiger partial charge is 0.204 e. The number of hydrogen-bond acceptors (Lipinski definition) is 4. The van der Waals surface area contributed by atoms with Gasteiger partial charge in [0, 0.05) is 6.04 Å². The molecule has 1 heterocycles. The van der Waals surface area contributed by atoms with Crippen molar-refractivity contribution in [2.45, 2.75) is 45.7 Å². The molecule has 0 spiro atoms. The lowest BCUT2D eigenvalue weighted by Gasteiger charge is -2.34. The van der Waals surface area contributed by atoms with Crippen molar-refractivity contribution in [3.05, 3.63) is 11.9 Å². The number of ether oxygens (including phenoxy) is 1. The molecule has 1 atom stereocenters. The third kappa shape index (κ3) is 2.66. The van der Waals surface area contributed by atoms with Crippen molar-refractivity contribution in [2.75, 3.05) is 21.2 Å². The van der Waals surface area contributed by atoms with Crippen molar-refractivity contribution in [1.82, 2.24) is 14.7 Å².